The fraction of sp³-hybridized carbons (Fsp3) is 0.471. The molecule has 3 heteroatoms. The monoisotopic (exact) mass is 272 g/mol. The summed E-state index contributed by atoms with van der Waals surface area (Å²) in [6.07, 6.45) is 7.40. The van der Waals surface area contributed by atoms with Gasteiger partial charge in [0.2, 0.25) is 0 Å². The molecule has 2 aliphatic rings. The van der Waals surface area contributed by atoms with Gasteiger partial charge in [-0.05, 0) is 24.5 Å². The first-order valence-corrected chi connectivity index (χ1v) is 7.32. The van der Waals surface area contributed by atoms with E-state index in [-0.39, 0.29) is 11.9 Å². The van der Waals surface area contributed by atoms with Crippen molar-refractivity contribution in [1.29, 1.82) is 0 Å². The second kappa shape index (κ2) is 4.97. The molecule has 1 atom stereocenters. The van der Waals surface area contributed by atoms with Crippen LogP contribution in [0.25, 0.3) is 6.08 Å². The molecule has 0 N–H and O–H groups in total. The highest BCUT2D eigenvalue weighted by atomic mass is 16.7. The molecule has 0 amide bonds. The summed E-state index contributed by atoms with van der Waals surface area (Å²) in [6.45, 7) is 5.63. The number of hydrogen-bond acceptors (Lipinski definition) is 3. The maximum absolute atomic E-state index is 12.4. The van der Waals surface area contributed by atoms with Crippen LogP contribution in [0.5, 0.6) is 5.75 Å². The van der Waals surface area contributed by atoms with Crippen LogP contribution in [0.1, 0.15) is 54.9 Å². The summed E-state index contributed by atoms with van der Waals surface area (Å²) in [6, 6.07) is 5.57. The standard InChI is InChI=1S/C17H20O3/c1-3-12-8-7-11-14-15(12)16(18)20-17(2,19-14)13-9-5-4-6-10-13/h3,7-8,11,13H,1,4-6,9-10H2,2H3. The zero-order chi connectivity index (χ0) is 14.2. The number of rotatable bonds is 2. The van der Waals surface area contributed by atoms with Gasteiger partial charge in [-0.2, -0.15) is 0 Å². The third-order valence-corrected chi connectivity index (χ3v) is 4.44. The minimum absolute atomic E-state index is 0.278. The molecule has 1 aromatic rings. The molecular formula is C17H20O3. The predicted molar refractivity (Wildman–Crippen MR) is 77.6 cm³/mol. The van der Waals surface area contributed by atoms with Crippen molar-refractivity contribution in [3.63, 3.8) is 0 Å². The average Bonchev–Trinajstić information content (AvgIpc) is 2.47. The van der Waals surface area contributed by atoms with Gasteiger partial charge in [-0.15, -0.1) is 0 Å². The molecule has 0 spiro atoms. The molecule has 0 radical (unpaired) electrons. The van der Waals surface area contributed by atoms with E-state index in [0.29, 0.717) is 11.3 Å². The van der Waals surface area contributed by atoms with Gasteiger partial charge in [-0.1, -0.05) is 44.1 Å². The molecule has 3 nitrogen and oxygen atoms in total. The van der Waals surface area contributed by atoms with E-state index in [1.807, 2.05) is 25.1 Å². The first-order chi connectivity index (χ1) is 9.64. The van der Waals surface area contributed by atoms with E-state index < -0.39 is 5.79 Å². The van der Waals surface area contributed by atoms with Gasteiger partial charge in [0.25, 0.3) is 5.79 Å². The summed E-state index contributed by atoms with van der Waals surface area (Å²) in [5, 5.41) is 0. The Bertz CT molecular complexity index is 543. The number of esters is 1. The first kappa shape index (κ1) is 13.2. The lowest BCUT2D eigenvalue weighted by molar-refractivity contribution is -0.183. The first-order valence-electron chi connectivity index (χ1n) is 7.32. The van der Waals surface area contributed by atoms with Gasteiger partial charge in [-0.25, -0.2) is 4.79 Å². The molecule has 0 aromatic heterocycles. The number of cyclic esters (lactones) is 1. The molecule has 3 rings (SSSR count). The molecule has 1 heterocycles. The van der Waals surface area contributed by atoms with Crippen molar-refractivity contribution < 1.29 is 14.3 Å². The van der Waals surface area contributed by atoms with Crippen LogP contribution in [0.15, 0.2) is 24.8 Å². The van der Waals surface area contributed by atoms with Gasteiger partial charge in [0.1, 0.15) is 11.3 Å². The summed E-state index contributed by atoms with van der Waals surface area (Å²) in [5.41, 5.74) is 1.26. The number of benzene rings is 1. The molecule has 1 aliphatic heterocycles. The van der Waals surface area contributed by atoms with Crippen LogP contribution in [0.4, 0.5) is 0 Å². The van der Waals surface area contributed by atoms with Gasteiger partial charge in [-0.3, -0.25) is 0 Å². The van der Waals surface area contributed by atoms with Crippen molar-refractivity contribution in [2.24, 2.45) is 5.92 Å². The summed E-state index contributed by atoms with van der Waals surface area (Å²) >= 11 is 0. The van der Waals surface area contributed by atoms with Crippen molar-refractivity contribution in [3.05, 3.63) is 35.9 Å². The zero-order valence-electron chi connectivity index (χ0n) is 11.9. The normalized spacial score (nSPS) is 26.4. The third kappa shape index (κ3) is 2.11. The third-order valence-electron chi connectivity index (χ3n) is 4.44. The molecule has 106 valence electrons. The maximum Gasteiger partial charge on any atom is 0.345 e. The molecule has 1 aliphatic carbocycles. The summed E-state index contributed by atoms with van der Waals surface area (Å²) in [4.78, 5) is 12.4. The minimum Gasteiger partial charge on any atom is -0.451 e. The summed E-state index contributed by atoms with van der Waals surface area (Å²) < 4.78 is 11.8. The fourth-order valence-electron chi connectivity index (χ4n) is 3.29. The molecular weight excluding hydrogens is 252 g/mol. The zero-order valence-corrected chi connectivity index (χ0v) is 11.9. The van der Waals surface area contributed by atoms with Gasteiger partial charge >= 0.3 is 5.97 Å². The number of hydrogen-bond donors (Lipinski definition) is 0. The Morgan fingerprint density at radius 2 is 2.00 bits per heavy atom. The van der Waals surface area contributed by atoms with Crippen LogP contribution in [0.3, 0.4) is 0 Å². The summed E-state index contributed by atoms with van der Waals surface area (Å²) in [7, 11) is 0. The van der Waals surface area contributed by atoms with Crippen LogP contribution < -0.4 is 4.74 Å². The molecule has 1 unspecified atom stereocenters. The highest BCUT2D eigenvalue weighted by molar-refractivity contribution is 5.97. The van der Waals surface area contributed by atoms with Crippen LogP contribution in [0.2, 0.25) is 0 Å². The van der Waals surface area contributed by atoms with E-state index in [2.05, 4.69) is 6.58 Å². The molecule has 20 heavy (non-hydrogen) atoms. The molecule has 1 fully saturated rings. The largest absolute Gasteiger partial charge is 0.451 e. The van der Waals surface area contributed by atoms with E-state index in [4.69, 9.17) is 9.47 Å². The number of ether oxygens (including phenoxy) is 2. The lowest BCUT2D eigenvalue weighted by Crippen LogP contribution is -2.48. The smallest absolute Gasteiger partial charge is 0.345 e. The van der Waals surface area contributed by atoms with E-state index in [1.54, 1.807) is 6.08 Å². The SMILES string of the molecule is C=Cc1cccc2c1C(=O)OC(C)(C1CCCCC1)O2. The Morgan fingerprint density at radius 1 is 1.25 bits per heavy atom. The highest BCUT2D eigenvalue weighted by Gasteiger charge is 2.45. The van der Waals surface area contributed by atoms with Crippen molar-refractivity contribution in [3.8, 4) is 5.75 Å². The lowest BCUT2D eigenvalue weighted by atomic mass is 9.83. The van der Waals surface area contributed by atoms with Crippen LogP contribution in [-0.2, 0) is 4.74 Å². The summed E-state index contributed by atoms with van der Waals surface area (Å²) in [5.74, 6) is -0.230. The van der Waals surface area contributed by atoms with Gasteiger partial charge in [0.05, 0.1) is 0 Å². The van der Waals surface area contributed by atoms with Gasteiger partial charge in [0.15, 0.2) is 0 Å². The number of carbonyl (C=O) groups is 1. The molecule has 0 bridgehead atoms. The van der Waals surface area contributed by atoms with Crippen molar-refractivity contribution >= 4 is 12.0 Å². The van der Waals surface area contributed by atoms with E-state index >= 15 is 0 Å². The topological polar surface area (TPSA) is 35.5 Å². The Labute approximate surface area is 119 Å². The van der Waals surface area contributed by atoms with E-state index in [1.165, 1.54) is 19.3 Å². The Morgan fingerprint density at radius 3 is 2.70 bits per heavy atom. The lowest BCUT2D eigenvalue weighted by Gasteiger charge is -2.42. The van der Waals surface area contributed by atoms with E-state index in [9.17, 15) is 4.79 Å². The molecule has 0 saturated heterocycles. The molecule has 1 saturated carbocycles. The number of carbonyl (C=O) groups excluding carboxylic acids is 1. The van der Waals surface area contributed by atoms with Crippen molar-refractivity contribution in [2.75, 3.05) is 0 Å². The minimum atomic E-state index is -0.829. The van der Waals surface area contributed by atoms with Crippen LogP contribution >= 0.6 is 0 Å². The van der Waals surface area contributed by atoms with Crippen molar-refractivity contribution in [2.45, 2.75) is 44.8 Å². The van der Waals surface area contributed by atoms with Crippen molar-refractivity contribution in [1.82, 2.24) is 0 Å². The second-order valence-electron chi connectivity index (χ2n) is 5.77. The fourth-order valence-corrected chi connectivity index (χ4v) is 3.29. The maximum atomic E-state index is 12.4. The average molecular weight is 272 g/mol. The van der Waals surface area contributed by atoms with E-state index in [0.717, 1.165) is 18.4 Å². The van der Waals surface area contributed by atoms with Crippen LogP contribution in [-0.4, -0.2) is 11.8 Å². The second-order valence-corrected chi connectivity index (χ2v) is 5.77. The van der Waals surface area contributed by atoms with Gasteiger partial charge < -0.3 is 9.47 Å². The van der Waals surface area contributed by atoms with Gasteiger partial charge in [0, 0.05) is 12.8 Å². The van der Waals surface area contributed by atoms with Crippen LogP contribution in [0, 0.1) is 5.92 Å². The highest BCUT2D eigenvalue weighted by Crippen LogP contribution is 2.42. The predicted octanol–water partition coefficient (Wildman–Crippen LogP) is 4.18. The Hall–Kier alpha value is -1.77. The quantitative estimate of drug-likeness (QED) is 0.758. The molecule has 1 aromatic carbocycles. The Kier molecular flexibility index (Phi) is 3.28. The number of fused-ring (bicyclic) bond motifs is 1. The Balaban J connectivity index is 1.96.